The summed E-state index contributed by atoms with van der Waals surface area (Å²) in [5.41, 5.74) is 1.05. The molecule has 0 spiro atoms. The number of thioether (sulfide) groups is 1. The third kappa shape index (κ3) is 5.73. The molecule has 1 aromatic carbocycles. The molecule has 1 N–H and O–H groups in total. The predicted molar refractivity (Wildman–Crippen MR) is 92.8 cm³/mol. The quantitative estimate of drug-likeness (QED) is 0.517. The van der Waals surface area contributed by atoms with E-state index in [0.717, 1.165) is 31.6 Å². The molecule has 1 rings (SSSR count). The zero-order valence-corrected chi connectivity index (χ0v) is 14.6. The van der Waals surface area contributed by atoms with Crippen molar-refractivity contribution in [1.29, 1.82) is 5.26 Å². The molecule has 0 fully saturated rings. The highest BCUT2D eigenvalue weighted by molar-refractivity contribution is 7.99. The lowest BCUT2D eigenvalue weighted by molar-refractivity contribution is 0.379. The summed E-state index contributed by atoms with van der Waals surface area (Å²) in [6.45, 7) is 9.44. The maximum Gasteiger partial charge on any atom is 0.106 e. The first kappa shape index (κ1) is 18.1. The van der Waals surface area contributed by atoms with Crippen molar-refractivity contribution in [1.82, 2.24) is 5.32 Å². The van der Waals surface area contributed by atoms with Crippen LogP contribution in [0.3, 0.4) is 0 Å². The van der Waals surface area contributed by atoms with Gasteiger partial charge < -0.3 is 0 Å². The molecule has 1 unspecified atom stereocenters. The normalized spacial score (nSPS) is 13.9. The van der Waals surface area contributed by atoms with Crippen molar-refractivity contribution in [3.05, 3.63) is 29.8 Å². The summed E-state index contributed by atoms with van der Waals surface area (Å²) in [6, 6.07) is 11.3. The molecule has 0 aliphatic rings. The number of benzene rings is 1. The number of hydrogen-bond acceptors (Lipinski definition) is 3. The third-order valence-electron chi connectivity index (χ3n) is 3.90. The Bertz CT molecular complexity index is 447. The molecule has 2 nitrogen and oxygen atoms in total. The van der Waals surface area contributed by atoms with Crippen LogP contribution >= 0.6 is 11.8 Å². The molecule has 0 radical (unpaired) electrons. The second-order valence-corrected chi connectivity index (χ2v) is 6.92. The van der Waals surface area contributed by atoms with Gasteiger partial charge in [0.25, 0.3) is 0 Å². The number of nitrogens with zero attached hydrogens (tertiary/aromatic N) is 1. The second-order valence-electron chi connectivity index (χ2n) is 5.75. The van der Waals surface area contributed by atoms with Crippen LogP contribution in [-0.2, 0) is 0 Å². The molecule has 0 saturated heterocycles. The lowest BCUT2D eigenvalue weighted by Crippen LogP contribution is -2.43. The Morgan fingerprint density at radius 3 is 2.38 bits per heavy atom. The Kier molecular flexibility index (Phi) is 7.85. The predicted octanol–water partition coefficient (Wildman–Crippen LogP) is 4.96. The van der Waals surface area contributed by atoms with Crippen molar-refractivity contribution in [2.24, 2.45) is 0 Å². The Balaban J connectivity index is 2.41. The van der Waals surface area contributed by atoms with Crippen LogP contribution in [0.5, 0.6) is 0 Å². The van der Waals surface area contributed by atoms with E-state index in [-0.39, 0.29) is 5.54 Å². The minimum absolute atomic E-state index is 0.336. The van der Waals surface area contributed by atoms with Gasteiger partial charge in [-0.1, -0.05) is 39.8 Å². The average molecular weight is 305 g/mol. The molecular weight excluding hydrogens is 276 g/mol. The van der Waals surface area contributed by atoms with Crippen molar-refractivity contribution >= 4 is 11.8 Å². The molecule has 0 heterocycles. The monoisotopic (exact) mass is 304 g/mol. The van der Waals surface area contributed by atoms with Crippen molar-refractivity contribution < 1.29 is 0 Å². The first-order valence-electron chi connectivity index (χ1n) is 7.96. The fourth-order valence-electron chi connectivity index (χ4n) is 2.42. The molecule has 116 valence electrons. The fourth-order valence-corrected chi connectivity index (χ4v) is 3.27. The molecule has 0 amide bonds. The van der Waals surface area contributed by atoms with Crippen LogP contribution < -0.4 is 5.32 Å². The van der Waals surface area contributed by atoms with Gasteiger partial charge in [-0.25, -0.2) is 0 Å². The van der Waals surface area contributed by atoms with Crippen LogP contribution in [0.25, 0.3) is 0 Å². The third-order valence-corrected chi connectivity index (χ3v) is 4.99. The molecule has 0 aliphatic heterocycles. The minimum Gasteiger partial charge on any atom is -0.300 e. The minimum atomic E-state index is -0.336. The van der Waals surface area contributed by atoms with E-state index < -0.39 is 0 Å². The van der Waals surface area contributed by atoms with Gasteiger partial charge in [-0.2, -0.15) is 5.26 Å². The van der Waals surface area contributed by atoms with E-state index >= 15 is 0 Å². The van der Waals surface area contributed by atoms with Gasteiger partial charge in [-0.3, -0.25) is 5.32 Å². The zero-order valence-electron chi connectivity index (χ0n) is 13.8. The van der Waals surface area contributed by atoms with Gasteiger partial charge in [0.05, 0.1) is 6.07 Å². The first-order chi connectivity index (χ1) is 10.1. The Morgan fingerprint density at radius 2 is 1.90 bits per heavy atom. The van der Waals surface area contributed by atoms with E-state index in [2.05, 4.69) is 63.3 Å². The molecule has 21 heavy (non-hydrogen) atoms. The van der Waals surface area contributed by atoms with E-state index in [4.69, 9.17) is 0 Å². The van der Waals surface area contributed by atoms with E-state index in [1.54, 1.807) is 0 Å². The van der Waals surface area contributed by atoms with E-state index in [1.807, 2.05) is 11.8 Å². The SMILES string of the molecule is CCNC(C#N)(CC)CCCSc1ccc(C(C)C)cc1. The Morgan fingerprint density at radius 1 is 1.24 bits per heavy atom. The molecule has 1 atom stereocenters. The highest BCUT2D eigenvalue weighted by Crippen LogP contribution is 2.24. The summed E-state index contributed by atoms with van der Waals surface area (Å²) in [7, 11) is 0. The van der Waals surface area contributed by atoms with Gasteiger partial charge in [0, 0.05) is 4.90 Å². The van der Waals surface area contributed by atoms with Gasteiger partial charge in [-0.15, -0.1) is 11.8 Å². The molecule has 1 aromatic rings. The first-order valence-corrected chi connectivity index (χ1v) is 8.94. The Labute approximate surface area is 134 Å². The second kappa shape index (κ2) is 9.12. The molecule has 0 aromatic heterocycles. The van der Waals surface area contributed by atoms with Crippen LogP contribution in [0.2, 0.25) is 0 Å². The topological polar surface area (TPSA) is 35.8 Å². The maximum atomic E-state index is 9.39. The molecule has 0 bridgehead atoms. The van der Waals surface area contributed by atoms with Gasteiger partial charge >= 0.3 is 0 Å². The van der Waals surface area contributed by atoms with Gasteiger partial charge in [0.1, 0.15) is 5.54 Å². The summed E-state index contributed by atoms with van der Waals surface area (Å²) in [5.74, 6) is 1.65. The number of nitriles is 1. The number of rotatable bonds is 9. The van der Waals surface area contributed by atoms with Crippen molar-refractivity contribution in [3.8, 4) is 6.07 Å². The smallest absolute Gasteiger partial charge is 0.106 e. The summed E-state index contributed by atoms with van der Waals surface area (Å²) in [6.07, 6.45) is 2.85. The van der Waals surface area contributed by atoms with Gasteiger partial charge in [0.2, 0.25) is 0 Å². The van der Waals surface area contributed by atoms with Gasteiger partial charge in [0.15, 0.2) is 0 Å². The van der Waals surface area contributed by atoms with Crippen molar-refractivity contribution in [2.45, 2.75) is 63.3 Å². The van der Waals surface area contributed by atoms with Crippen LogP contribution in [0.4, 0.5) is 0 Å². The summed E-state index contributed by atoms with van der Waals surface area (Å²) < 4.78 is 0. The van der Waals surface area contributed by atoms with Gasteiger partial charge in [-0.05, 0) is 55.2 Å². The number of nitrogens with one attached hydrogen (secondary N) is 1. The fraction of sp³-hybridized carbons (Fsp3) is 0.611. The van der Waals surface area contributed by atoms with E-state index in [9.17, 15) is 5.26 Å². The summed E-state index contributed by atoms with van der Waals surface area (Å²) in [5, 5.41) is 12.7. The van der Waals surface area contributed by atoms with Crippen molar-refractivity contribution in [2.75, 3.05) is 12.3 Å². The standard InChI is InChI=1S/C18H28N2S/c1-5-18(14-19,20-6-2)12-7-13-21-17-10-8-16(9-11-17)15(3)4/h8-11,15,20H,5-7,12-13H2,1-4H3. The van der Waals surface area contributed by atoms with Crippen LogP contribution in [0.1, 0.15) is 58.4 Å². The van der Waals surface area contributed by atoms with Crippen LogP contribution in [0, 0.1) is 11.3 Å². The highest BCUT2D eigenvalue weighted by atomic mass is 32.2. The summed E-state index contributed by atoms with van der Waals surface area (Å²) >= 11 is 1.88. The average Bonchev–Trinajstić information content (AvgIpc) is 2.51. The molecule has 3 heteroatoms. The Hall–Kier alpha value is -0.980. The van der Waals surface area contributed by atoms with Crippen LogP contribution in [-0.4, -0.2) is 17.8 Å². The summed E-state index contributed by atoms with van der Waals surface area (Å²) in [4.78, 5) is 1.32. The number of hydrogen-bond donors (Lipinski definition) is 1. The largest absolute Gasteiger partial charge is 0.300 e. The molecular formula is C18H28N2S. The van der Waals surface area contributed by atoms with Crippen molar-refractivity contribution in [3.63, 3.8) is 0 Å². The molecule has 0 aliphatic carbocycles. The van der Waals surface area contributed by atoms with E-state index in [1.165, 1.54) is 10.5 Å². The van der Waals surface area contributed by atoms with Crippen LogP contribution in [0.15, 0.2) is 29.2 Å². The lowest BCUT2D eigenvalue weighted by atomic mass is 9.92. The lowest BCUT2D eigenvalue weighted by Gasteiger charge is -2.25. The highest BCUT2D eigenvalue weighted by Gasteiger charge is 2.25. The molecule has 0 saturated carbocycles. The maximum absolute atomic E-state index is 9.39. The van der Waals surface area contributed by atoms with E-state index in [0.29, 0.717) is 5.92 Å². The zero-order chi connectivity index (χ0) is 15.7.